The van der Waals surface area contributed by atoms with E-state index in [-0.39, 0.29) is 24.4 Å². The van der Waals surface area contributed by atoms with Crippen LogP contribution in [0.1, 0.15) is 25.7 Å². The van der Waals surface area contributed by atoms with Crippen LogP contribution in [0.2, 0.25) is 0 Å². The van der Waals surface area contributed by atoms with Crippen LogP contribution < -0.4 is 10.1 Å². The number of methoxy groups -OCH3 is 1. The maximum Gasteiger partial charge on any atom is 0.240 e. The maximum atomic E-state index is 12.9. The Balaban J connectivity index is 1.57. The number of nitrogens with zero attached hydrogens (tertiary/aromatic N) is 3. The fraction of sp³-hybridized carbons (Fsp3) is 0.304. The van der Waals surface area contributed by atoms with Crippen LogP contribution in [-0.2, 0) is 18.4 Å². The topological polar surface area (TPSA) is 61.1 Å². The number of carbonyl (C=O) groups is 1. The van der Waals surface area contributed by atoms with Crippen LogP contribution in [-0.4, -0.2) is 27.1 Å². The quantitative estimate of drug-likeness (QED) is 0.540. The van der Waals surface area contributed by atoms with E-state index in [2.05, 4.69) is 23.7 Å². The van der Waals surface area contributed by atoms with E-state index in [1.54, 1.807) is 7.11 Å². The molecular weight excluding hydrogens is 364 g/mol. The Morgan fingerprint density at radius 2 is 1.93 bits per heavy atom. The van der Waals surface area contributed by atoms with Gasteiger partial charge in [0.1, 0.15) is 18.1 Å². The van der Waals surface area contributed by atoms with Crippen LogP contribution in [0.4, 0.5) is 0 Å². The Kier molecular flexibility index (Phi) is 5.01. The molecule has 0 saturated heterocycles. The summed E-state index contributed by atoms with van der Waals surface area (Å²) in [5.41, 5.74) is 3.01. The molecule has 150 valence electrons. The lowest BCUT2D eigenvalue weighted by molar-refractivity contribution is -0.122. The average molecular weight is 390 g/mol. The van der Waals surface area contributed by atoms with Crippen molar-refractivity contribution in [3.63, 3.8) is 0 Å². The molecule has 1 atom stereocenters. The Morgan fingerprint density at radius 3 is 2.66 bits per heavy atom. The molecule has 2 heterocycles. The van der Waals surface area contributed by atoms with E-state index >= 15 is 0 Å². The standard InChI is InChI=1S/C23H26N4O2/c1-15(2)22(23-24-18-7-5-6-8-20(18)26(23)3)25-21(28)14-27-12-11-16-13-17(29-4)9-10-19(16)27/h5-13,15,22H,14H2,1-4H3,(H,25,28). The monoisotopic (exact) mass is 390 g/mol. The van der Waals surface area contributed by atoms with E-state index in [9.17, 15) is 4.79 Å². The van der Waals surface area contributed by atoms with Gasteiger partial charge >= 0.3 is 0 Å². The molecule has 0 aliphatic rings. The van der Waals surface area contributed by atoms with Gasteiger partial charge in [-0.25, -0.2) is 4.98 Å². The molecule has 0 saturated carbocycles. The Bertz CT molecular complexity index is 1170. The number of aromatic nitrogens is 3. The molecule has 2 aromatic carbocycles. The lowest BCUT2D eigenvalue weighted by atomic mass is 10.0. The average Bonchev–Trinajstić information content (AvgIpc) is 3.26. The first kappa shape index (κ1) is 19.1. The van der Waals surface area contributed by atoms with Crippen molar-refractivity contribution in [3.8, 4) is 5.75 Å². The number of imidazole rings is 1. The summed E-state index contributed by atoms with van der Waals surface area (Å²) in [5, 5.41) is 4.24. The number of ether oxygens (including phenoxy) is 1. The van der Waals surface area contributed by atoms with Crippen molar-refractivity contribution in [3.05, 3.63) is 60.6 Å². The molecule has 1 N–H and O–H groups in total. The fourth-order valence-electron chi connectivity index (χ4n) is 3.79. The highest BCUT2D eigenvalue weighted by atomic mass is 16.5. The summed E-state index contributed by atoms with van der Waals surface area (Å²) in [4.78, 5) is 17.7. The first-order chi connectivity index (χ1) is 14.0. The molecule has 4 rings (SSSR count). The van der Waals surface area contributed by atoms with Gasteiger partial charge in [-0.3, -0.25) is 4.79 Å². The number of hydrogen-bond donors (Lipinski definition) is 1. The van der Waals surface area contributed by atoms with Crippen molar-refractivity contribution >= 4 is 27.8 Å². The van der Waals surface area contributed by atoms with Crippen molar-refractivity contribution in [2.45, 2.75) is 26.4 Å². The summed E-state index contributed by atoms with van der Waals surface area (Å²) in [5.74, 6) is 1.85. The minimum atomic E-state index is -0.165. The molecule has 1 unspecified atom stereocenters. The predicted octanol–water partition coefficient (Wildman–Crippen LogP) is 4.05. The van der Waals surface area contributed by atoms with Crippen LogP contribution in [0.5, 0.6) is 5.75 Å². The van der Waals surface area contributed by atoms with Gasteiger partial charge in [-0.15, -0.1) is 0 Å². The zero-order valence-electron chi connectivity index (χ0n) is 17.2. The van der Waals surface area contributed by atoms with Gasteiger partial charge in [0, 0.05) is 24.1 Å². The normalized spacial score (nSPS) is 12.6. The number of carbonyl (C=O) groups excluding carboxylic acids is 1. The molecule has 0 aliphatic heterocycles. The van der Waals surface area contributed by atoms with E-state index < -0.39 is 0 Å². The molecule has 2 aromatic heterocycles. The van der Waals surface area contributed by atoms with Gasteiger partial charge in [0.2, 0.25) is 5.91 Å². The third-order valence-corrected chi connectivity index (χ3v) is 5.38. The van der Waals surface area contributed by atoms with Gasteiger partial charge in [-0.2, -0.15) is 0 Å². The van der Waals surface area contributed by atoms with Crippen LogP contribution in [0.25, 0.3) is 21.9 Å². The maximum absolute atomic E-state index is 12.9. The minimum absolute atomic E-state index is 0.0379. The summed E-state index contributed by atoms with van der Waals surface area (Å²) in [7, 11) is 3.65. The second-order valence-corrected chi connectivity index (χ2v) is 7.68. The summed E-state index contributed by atoms with van der Waals surface area (Å²) in [6.45, 7) is 4.45. The van der Waals surface area contributed by atoms with E-state index in [0.29, 0.717) is 0 Å². The van der Waals surface area contributed by atoms with E-state index in [1.165, 1.54) is 0 Å². The van der Waals surface area contributed by atoms with Crippen molar-refractivity contribution in [1.29, 1.82) is 0 Å². The number of hydrogen-bond acceptors (Lipinski definition) is 3. The lowest BCUT2D eigenvalue weighted by Crippen LogP contribution is -2.35. The van der Waals surface area contributed by atoms with Crippen LogP contribution in [0.15, 0.2) is 54.7 Å². The van der Waals surface area contributed by atoms with Crippen molar-refractivity contribution in [2.75, 3.05) is 7.11 Å². The van der Waals surface area contributed by atoms with E-state index in [4.69, 9.17) is 9.72 Å². The van der Waals surface area contributed by atoms with Gasteiger partial charge in [-0.1, -0.05) is 26.0 Å². The first-order valence-electron chi connectivity index (χ1n) is 9.81. The zero-order valence-corrected chi connectivity index (χ0v) is 17.2. The molecule has 0 bridgehead atoms. The van der Waals surface area contributed by atoms with Crippen molar-refractivity contribution in [1.82, 2.24) is 19.4 Å². The summed E-state index contributed by atoms with van der Waals surface area (Å²) < 4.78 is 9.30. The van der Waals surface area contributed by atoms with Crippen LogP contribution in [0.3, 0.4) is 0 Å². The summed E-state index contributed by atoms with van der Waals surface area (Å²) >= 11 is 0. The Morgan fingerprint density at radius 1 is 1.14 bits per heavy atom. The molecule has 6 heteroatoms. The Hall–Kier alpha value is -3.28. The molecule has 0 fully saturated rings. The summed E-state index contributed by atoms with van der Waals surface area (Å²) in [6, 6.07) is 15.7. The smallest absolute Gasteiger partial charge is 0.240 e. The zero-order chi connectivity index (χ0) is 20.5. The number of fused-ring (bicyclic) bond motifs is 2. The van der Waals surface area contributed by atoms with Gasteiger partial charge in [0.05, 0.1) is 24.2 Å². The van der Waals surface area contributed by atoms with E-state index in [0.717, 1.165) is 33.5 Å². The molecule has 6 nitrogen and oxygen atoms in total. The number of nitrogens with one attached hydrogen (secondary N) is 1. The predicted molar refractivity (Wildman–Crippen MR) is 115 cm³/mol. The second-order valence-electron chi connectivity index (χ2n) is 7.68. The van der Waals surface area contributed by atoms with E-state index in [1.807, 2.05) is 66.3 Å². The SMILES string of the molecule is COc1ccc2c(ccn2CC(=O)NC(c2nc3ccccc3n2C)C(C)C)c1. The molecule has 0 spiro atoms. The number of benzene rings is 2. The third kappa shape index (κ3) is 3.58. The number of para-hydroxylation sites is 2. The fourth-order valence-corrected chi connectivity index (χ4v) is 3.79. The molecular formula is C23H26N4O2. The molecule has 0 aliphatic carbocycles. The highest BCUT2D eigenvalue weighted by molar-refractivity contribution is 5.84. The lowest BCUT2D eigenvalue weighted by Gasteiger charge is -2.22. The minimum Gasteiger partial charge on any atom is -0.497 e. The Labute approximate surface area is 170 Å². The third-order valence-electron chi connectivity index (χ3n) is 5.38. The molecule has 4 aromatic rings. The number of amides is 1. The number of aryl methyl sites for hydroxylation is 1. The van der Waals surface area contributed by atoms with Gasteiger partial charge < -0.3 is 19.2 Å². The number of rotatable bonds is 6. The second kappa shape index (κ2) is 7.62. The van der Waals surface area contributed by atoms with Gasteiger partial charge in [0.15, 0.2) is 0 Å². The highest BCUT2D eigenvalue weighted by Gasteiger charge is 2.24. The first-order valence-corrected chi connectivity index (χ1v) is 9.81. The molecule has 1 amide bonds. The molecule has 0 radical (unpaired) electrons. The van der Waals surface area contributed by atoms with Crippen LogP contribution in [0, 0.1) is 5.92 Å². The molecule has 29 heavy (non-hydrogen) atoms. The highest BCUT2D eigenvalue weighted by Crippen LogP contribution is 2.25. The van der Waals surface area contributed by atoms with Gasteiger partial charge in [-0.05, 0) is 42.3 Å². The largest absolute Gasteiger partial charge is 0.497 e. The summed E-state index contributed by atoms with van der Waals surface area (Å²) in [6.07, 6.45) is 1.93. The van der Waals surface area contributed by atoms with Crippen molar-refractivity contribution in [2.24, 2.45) is 13.0 Å². The van der Waals surface area contributed by atoms with Gasteiger partial charge in [0.25, 0.3) is 0 Å². The van der Waals surface area contributed by atoms with Crippen LogP contribution >= 0.6 is 0 Å². The van der Waals surface area contributed by atoms with Crippen molar-refractivity contribution < 1.29 is 9.53 Å².